The topological polar surface area (TPSA) is 54.9 Å². The Morgan fingerprint density at radius 3 is 2.57 bits per heavy atom. The van der Waals surface area contributed by atoms with E-state index in [1.165, 1.54) is 11.3 Å². The van der Waals surface area contributed by atoms with Crippen LogP contribution in [0.5, 0.6) is 11.5 Å². The van der Waals surface area contributed by atoms with Gasteiger partial charge in [0.2, 0.25) is 0 Å². The number of aromatic nitrogens is 1. The second-order valence-electron chi connectivity index (χ2n) is 7.35. The Bertz CT molecular complexity index is 1000. The van der Waals surface area contributed by atoms with Gasteiger partial charge in [0, 0.05) is 24.8 Å². The summed E-state index contributed by atoms with van der Waals surface area (Å²) < 4.78 is 12.3. The Balaban J connectivity index is 1.61. The molecule has 0 N–H and O–H groups in total. The number of benzene rings is 2. The first-order chi connectivity index (χ1) is 14.6. The van der Waals surface area contributed by atoms with E-state index in [0.717, 1.165) is 34.5 Å². The number of thiazole rings is 1. The first-order valence-electron chi connectivity index (χ1n) is 10.00. The van der Waals surface area contributed by atoms with E-state index in [1.807, 2.05) is 62.6 Å². The van der Waals surface area contributed by atoms with E-state index < -0.39 is 0 Å². The SMILES string of the molecule is CN(C)CCCN(C(=O)/C=C/c1ccccc1)c1nc2cc3c(cc2s1)OCCO3. The maximum atomic E-state index is 13.1. The number of hydrogen-bond donors (Lipinski definition) is 0. The van der Waals surface area contributed by atoms with Gasteiger partial charge in [-0.3, -0.25) is 9.69 Å². The molecule has 1 aliphatic rings. The van der Waals surface area contributed by atoms with Crippen LogP contribution in [-0.2, 0) is 4.79 Å². The molecular weight excluding hydrogens is 398 g/mol. The molecule has 0 radical (unpaired) electrons. The number of hydrogen-bond acceptors (Lipinski definition) is 6. The average molecular weight is 424 g/mol. The van der Waals surface area contributed by atoms with Crippen molar-refractivity contribution in [1.29, 1.82) is 0 Å². The lowest BCUT2D eigenvalue weighted by Gasteiger charge is -2.19. The van der Waals surface area contributed by atoms with Crippen molar-refractivity contribution in [3.63, 3.8) is 0 Å². The lowest BCUT2D eigenvalue weighted by atomic mass is 10.2. The molecule has 0 unspecified atom stereocenters. The van der Waals surface area contributed by atoms with Gasteiger partial charge in [-0.1, -0.05) is 41.7 Å². The summed E-state index contributed by atoms with van der Waals surface area (Å²) in [6, 6.07) is 13.7. The summed E-state index contributed by atoms with van der Waals surface area (Å²) in [5.74, 6) is 1.37. The summed E-state index contributed by atoms with van der Waals surface area (Å²) in [6.45, 7) is 2.58. The van der Waals surface area contributed by atoms with E-state index in [2.05, 4.69) is 4.90 Å². The van der Waals surface area contributed by atoms with Gasteiger partial charge in [0.25, 0.3) is 5.91 Å². The molecule has 0 atom stereocenters. The number of carbonyl (C=O) groups is 1. The average Bonchev–Trinajstić information content (AvgIpc) is 3.16. The molecule has 0 bridgehead atoms. The maximum absolute atomic E-state index is 13.1. The third kappa shape index (κ3) is 4.80. The zero-order chi connectivity index (χ0) is 20.9. The zero-order valence-corrected chi connectivity index (χ0v) is 18.0. The van der Waals surface area contributed by atoms with E-state index in [1.54, 1.807) is 11.0 Å². The number of carbonyl (C=O) groups excluding carboxylic acids is 1. The number of ether oxygens (including phenoxy) is 2. The third-order valence-electron chi connectivity index (χ3n) is 4.74. The molecule has 30 heavy (non-hydrogen) atoms. The molecule has 1 amide bonds. The summed E-state index contributed by atoms with van der Waals surface area (Å²) in [7, 11) is 4.06. The van der Waals surface area contributed by atoms with Gasteiger partial charge >= 0.3 is 0 Å². The molecule has 0 aliphatic carbocycles. The van der Waals surface area contributed by atoms with Crippen molar-refractivity contribution in [2.75, 3.05) is 45.3 Å². The van der Waals surface area contributed by atoms with Gasteiger partial charge < -0.3 is 14.4 Å². The highest BCUT2D eigenvalue weighted by molar-refractivity contribution is 7.22. The van der Waals surface area contributed by atoms with Crippen LogP contribution in [0.3, 0.4) is 0 Å². The van der Waals surface area contributed by atoms with E-state index in [4.69, 9.17) is 14.5 Å². The molecule has 0 saturated carbocycles. The number of rotatable bonds is 7. The first-order valence-corrected chi connectivity index (χ1v) is 10.8. The van der Waals surface area contributed by atoms with Crippen LogP contribution in [-0.4, -0.2) is 56.2 Å². The summed E-state index contributed by atoms with van der Waals surface area (Å²) >= 11 is 1.50. The van der Waals surface area contributed by atoms with Crippen LogP contribution in [0.4, 0.5) is 5.13 Å². The highest BCUT2D eigenvalue weighted by atomic mass is 32.1. The van der Waals surface area contributed by atoms with E-state index in [0.29, 0.717) is 30.6 Å². The normalized spacial score (nSPS) is 13.3. The summed E-state index contributed by atoms with van der Waals surface area (Å²) in [5, 5.41) is 0.689. The van der Waals surface area contributed by atoms with Crippen LogP contribution in [0.1, 0.15) is 12.0 Å². The van der Waals surface area contributed by atoms with Crippen LogP contribution in [0.25, 0.3) is 16.3 Å². The van der Waals surface area contributed by atoms with Crippen LogP contribution in [0.15, 0.2) is 48.5 Å². The highest BCUT2D eigenvalue weighted by Crippen LogP contribution is 2.38. The number of nitrogens with zero attached hydrogens (tertiary/aromatic N) is 3. The summed E-state index contributed by atoms with van der Waals surface area (Å²) in [6.07, 6.45) is 4.32. The van der Waals surface area contributed by atoms with Gasteiger partial charge in [-0.25, -0.2) is 4.98 Å². The molecule has 156 valence electrons. The molecule has 6 nitrogen and oxygen atoms in total. The van der Waals surface area contributed by atoms with Gasteiger partial charge in [0.05, 0.1) is 10.2 Å². The fraction of sp³-hybridized carbons (Fsp3) is 0.304. The van der Waals surface area contributed by atoms with Crippen LogP contribution in [0, 0.1) is 0 Å². The molecule has 0 saturated heterocycles. The van der Waals surface area contributed by atoms with E-state index in [-0.39, 0.29) is 5.91 Å². The third-order valence-corrected chi connectivity index (χ3v) is 5.78. The van der Waals surface area contributed by atoms with Crippen molar-refractivity contribution in [1.82, 2.24) is 9.88 Å². The monoisotopic (exact) mass is 423 g/mol. The van der Waals surface area contributed by atoms with Crippen molar-refractivity contribution < 1.29 is 14.3 Å². The van der Waals surface area contributed by atoms with Crippen molar-refractivity contribution in [2.45, 2.75) is 6.42 Å². The Hall–Kier alpha value is -2.90. The van der Waals surface area contributed by atoms with Crippen molar-refractivity contribution in [3.05, 3.63) is 54.1 Å². The smallest absolute Gasteiger partial charge is 0.252 e. The number of fused-ring (bicyclic) bond motifs is 2. The second kappa shape index (κ2) is 9.28. The molecule has 1 aromatic heterocycles. The van der Waals surface area contributed by atoms with Crippen LogP contribution < -0.4 is 14.4 Å². The zero-order valence-electron chi connectivity index (χ0n) is 17.2. The molecule has 0 spiro atoms. The van der Waals surface area contributed by atoms with E-state index in [9.17, 15) is 4.79 Å². The fourth-order valence-corrected chi connectivity index (χ4v) is 4.24. The molecular formula is C23H25N3O3S. The van der Waals surface area contributed by atoms with E-state index >= 15 is 0 Å². The lowest BCUT2D eigenvalue weighted by Crippen LogP contribution is -2.32. The molecule has 4 rings (SSSR count). The van der Waals surface area contributed by atoms with Gasteiger partial charge in [0.1, 0.15) is 13.2 Å². The lowest BCUT2D eigenvalue weighted by molar-refractivity contribution is -0.114. The summed E-state index contributed by atoms with van der Waals surface area (Å²) in [5.41, 5.74) is 1.81. The van der Waals surface area contributed by atoms with Gasteiger partial charge in [-0.15, -0.1) is 0 Å². The van der Waals surface area contributed by atoms with Gasteiger partial charge in [-0.05, 0) is 38.7 Å². The standard InChI is InChI=1S/C23H25N3O3S/c1-25(2)11-6-12-26(22(27)10-9-17-7-4-3-5-8-17)23-24-18-15-19-20(16-21(18)30-23)29-14-13-28-19/h3-5,7-10,15-16H,6,11-14H2,1-2H3/b10-9+. The Kier molecular flexibility index (Phi) is 6.30. The Morgan fingerprint density at radius 1 is 1.10 bits per heavy atom. The van der Waals surface area contributed by atoms with Gasteiger partial charge in [-0.2, -0.15) is 0 Å². The Morgan fingerprint density at radius 2 is 1.83 bits per heavy atom. The highest BCUT2D eigenvalue weighted by Gasteiger charge is 2.20. The predicted octanol–water partition coefficient (Wildman–Crippen LogP) is 4.07. The van der Waals surface area contributed by atoms with Crippen LogP contribution in [0.2, 0.25) is 0 Å². The number of amides is 1. The fourth-order valence-electron chi connectivity index (χ4n) is 3.23. The molecule has 3 aromatic rings. The predicted molar refractivity (Wildman–Crippen MR) is 122 cm³/mol. The first kappa shape index (κ1) is 20.4. The molecule has 7 heteroatoms. The minimum absolute atomic E-state index is 0.0751. The quantitative estimate of drug-likeness (QED) is 0.537. The van der Waals surface area contributed by atoms with Crippen molar-refractivity contribution in [3.8, 4) is 11.5 Å². The Labute approximate surface area is 180 Å². The second-order valence-corrected chi connectivity index (χ2v) is 8.36. The molecule has 0 fully saturated rings. The minimum atomic E-state index is -0.0751. The molecule has 1 aliphatic heterocycles. The van der Waals surface area contributed by atoms with Gasteiger partial charge in [0.15, 0.2) is 16.6 Å². The van der Waals surface area contributed by atoms with Crippen molar-refractivity contribution >= 4 is 38.7 Å². The maximum Gasteiger partial charge on any atom is 0.252 e. The molecule has 2 heterocycles. The molecule has 2 aromatic carbocycles. The largest absolute Gasteiger partial charge is 0.486 e. The number of anilines is 1. The summed E-state index contributed by atoms with van der Waals surface area (Å²) in [4.78, 5) is 21.7. The van der Waals surface area contributed by atoms with Crippen molar-refractivity contribution in [2.24, 2.45) is 0 Å². The minimum Gasteiger partial charge on any atom is -0.486 e. The van der Waals surface area contributed by atoms with Crippen LogP contribution >= 0.6 is 11.3 Å².